The molecule has 0 aromatic carbocycles. The highest BCUT2D eigenvalue weighted by Crippen LogP contribution is 2.24. The zero-order chi connectivity index (χ0) is 23.6. The van der Waals surface area contributed by atoms with Crippen molar-refractivity contribution in [3.8, 4) is 0 Å². The Balaban J connectivity index is 1.65. The maximum atomic E-state index is 13.6. The number of carbonyl (C=O) groups is 1. The van der Waals surface area contributed by atoms with Gasteiger partial charge in [0.25, 0.3) is 5.91 Å². The molecule has 186 valence electrons. The summed E-state index contributed by atoms with van der Waals surface area (Å²) in [6.45, 7) is 4.00. The van der Waals surface area contributed by atoms with Gasteiger partial charge in [-0.25, -0.2) is 9.37 Å². The fourth-order valence-corrected chi connectivity index (χ4v) is 4.35. The van der Waals surface area contributed by atoms with Gasteiger partial charge in [0, 0.05) is 44.5 Å². The topological polar surface area (TPSA) is 102 Å². The number of aliphatic hydroxyl groups excluding tert-OH is 1. The summed E-state index contributed by atoms with van der Waals surface area (Å²) in [5, 5.41) is 19.2. The number of aliphatic hydroxyl groups is 1. The second-order valence-electron chi connectivity index (χ2n) is 9.12. The Hall–Kier alpha value is -2.07. The van der Waals surface area contributed by atoms with Gasteiger partial charge in [-0.3, -0.25) is 9.18 Å². The SMILES string of the molecule is CC[C@H](F)CNc1ncc(C(=O)NC2CCN(CCCF)CC2)c(NC2CCC(O)CC2)n1. The first-order valence-corrected chi connectivity index (χ1v) is 12.3. The van der Waals surface area contributed by atoms with E-state index in [0.717, 1.165) is 45.3 Å². The predicted molar refractivity (Wildman–Crippen MR) is 125 cm³/mol. The third kappa shape index (κ3) is 8.03. The summed E-state index contributed by atoms with van der Waals surface area (Å²) in [4.78, 5) is 24.0. The number of anilines is 2. The molecule has 2 fully saturated rings. The number of halogens is 2. The molecule has 8 nitrogen and oxygen atoms in total. The van der Waals surface area contributed by atoms with Gasteiger partial charge in [-0.15, -0.1) is 0 Å². The Morgan fingerprint density at radius 1 is 1.21 bits per heavy atom. The van der Waals surface area contributed by atoms with Gasteiger partial charge in [-0.05, 0) is 51.4 Å². The van der Waals surface area contributed by atoms with E-state index in [1.165, 1.54) is 6.20 Å². The predicted octanol–water partition coefficient (Wildman–Crippen LogP) is 2.91. The Kier molecular flexibility index (Phi) is 10.1. The van der Waals surface area contributed by atoms with Crippen LogP contribution < -0.4 is 16.0 Å². The van der Waals surface area contributed by atoms with Crippen LogP contribution in [-0.2, 0) is 0 Å². The highest BCUT2D eigenvalue weighted by Gasteiger charge is 2.25. The molecule has 1 aromatic heterocycles. The smallest absolute Gasteiger partial charge is 0.256 e. The zero-order valence-electron chi connectivity index (χ0n) is 19.5. The molecule has 0 spiro atoms. The molecule has 2 aliphatic rings. The number of likely N-dealkylation sites (tertiary alicyclic amines) is 1. The molecule has 1 amide bonds. The van der Waals surface area contributed by atoms with Crippen LogP contribution in [-0.4, -0.2) is 83.1 Å². The van der Waals surface area contributed by atoms with Gasteiger partial charge in [0.1, 0.15) is 17.6 Å². The summed E-state index contributed by atoms with van der Waals surface area (Å²) in [5.74, 6) is 0.472. The summed E-state index contributed by atoms with van der Waals surface area (Å²) in [7, 11) is 0. The van der Waals surface area contributed by atoms with Crippen LogP contribution in [0.2, 0.25) is 0 Å². The first kappa shape index (κ1) is 25.6. The molecule has 3 rings (SSSR count). The van der Waals surface area contributed by atoms with Crippen LogP contribution in [0.25, 0.3) is 0 Å². The summed E-state index contributed by atoms with van der Waals surface area (Å²) < 4.78 is 26.1. The summed E-state index contributed by atoms with van der Waals surface area (Å²) >= 11 is 0. The molecular weight excluding hydrogens is 430 g/mol. The van der Waals surface area contributed by atoms with Crippen LogP contribution in [0, 0.1) is 0 Å². The first-order valence-electron chi connectivity index (χ1n) is 12.3. The minimum atomic E-state index is -0.997. The number of piperidine rings is 1. The number of carbonyl (C=O) groups excluding carboxylic acids is 1. The van der Waals surface area contributed by atoms with Crippen molar-refractivity contribution in [2.45, 2.75) is 82.6 Å². The molecule has 0 radical (unpaired) electrons. The van der Waals surface area contributed by atoms with Gasteiger partial charge in [0.15, 0.2) is 0 Å². The molecule has 33 heavy (non-hydrogen) atoms. The first-order chi connectivity index (χ1) is 16.0. The van der Waals surface area contributed by atoms with Crippen molar-refractivity contribution < 1.29 is 18.7 Å². The molecule has 4 N–H and O–H groups in total. The van der Waals surface area contributed by atoms with Crippen molar-refractivity contribution in [2.24, 2.45) is 0 Å². The largest absolute Gasteiger partial charge is 0.393 e. The van der Waals surface area contributed by atoms with Crippen molar-refractivity contribution >= 4 is 17.7 Å². The number of hydrogen-bond acceptors (Lipinski definition) is 7. The third-order valence-corrected chi connectivity index (χ3v) is 6.53. The fraction of sp³-hybridized carbons (Fsp3) is 0.783. The van der Waals surface area contributed by atoms with Crippen LogP contribution in [0.1, 0.15) is 68.6 Å². The van der Waals surface area contributed by atoms with E-state index in [4.69, 9.17) is 0 Å². The number of nitrogens with one attached hydrogen (secondary N) is 3. The standard InChI is InChI=1S/C23H38F2N6O2/c1-2-16(25)14-26-23-27-15-20(21(30-23)28-17-4-6-19(32)7-5-17)22(33)29-18-8-12-31(13-9-18)11-3-10-24/h15-19,32H,2-14H2,1H3,(H,29,33)(H2,26,27,28,30)/t16-,17?,19?/m0/s1. The Morgan fingerprint density at radius 2 is 1.94 bits per heavy atom. The van der Waals surface area contributed by atoms with Crippen molar-refractivity contribution in [1.82, 2.24) is 20.2 Å². The number of nitrogens with zero attached hydrogens (tertiary/aromatic N) is 3. The second kappa shape index (κ2) is 13.0. The van der Waals surface area contributed by atoms with E-state index in [2.05, 4.69) is 30.8 Å². The van der Waals surface area contributed by atoms with Crippen LogP contribution >= 0.6 is 0 Å². The van der Waals surface area contributed by atoms with Crippen molar-refractivity contribution in [3.63, 3.8) is 0 Å². The maximum absolute atomic E-state index is 13.6. The van der Waals surface area contributed by atoms with Crippen molar-refractivity contribution in [3.05, 3.63) is 11.8 Å². The lowest BCUT2D eigenvalue weighted by molar-refractivity contribution is 0.0910. The molecule has 1 aliphatic carbocycles. The van der Waals surface area contributed by atoms with Crippen LogP contribution in [0.3, 0.4) is 0 Å². The van der Waals surface area contributed by atoms with Crippen LogP contribution in [0.4, 0.5) is 20.5 Å². The number of aromatic nitrogens is 2. The molecular formula is C23H38F2N6O2. The summed E-state index contributed by atoms with van der Waals surface area (Å²) in [5.41, 5.74) is 0.360. The van der Waals surface area contributed by atoms with Crippen LogP contribution in [0.15, 0.2) is 6.20 Å². The molecule has 1 aliphatic heterocycles. The highest BCUT2D eigenvalue weighted by atomic mass is 19.1. The Morgan fingerprint density at radius 3 is 2.61 bits per heavy atom. The minimum Gasteiger partial charge on any atom is -0.393 e. The monoisotopic (exact) mass is 468 g/mol. The molecule has 1 saturated carbocycles. The van der Waals surface area contributed by atoms with Gasteiger partial charge < -0.3 is 26.0 Å². The van der Waals surface area contributed by atoms with E-state index >= 15 is 0 Å². The molecule has 0 bridgehead atoms. The third-order valence-electron chi connectivity index (χ3n) is 6.53. The van der Waals surface area contributed by atoms with E-state index < -0.39 is 6.17 Å². The average Bonchev–Trinajstić information content (AvgIpc) is 2.83. The number of hydrogen-bond donors (Lipinski definition) is 4. The van der Waals surface area contributed by atoms with Crippen molar-refractivity contribution in [2.75, 3.05) is 43.5 Å². The van der Waals surface area contributed by atoms with Gasteiger partial charge in [-0.1, -0.05) is 6.92 Å². The molecule has 10 heteroatoms. The number of rotatable bonds is 11. The summed E-state index contributed by atoms with van der Waals surface area (Å²) in [6.07, 6.45) is 5.77. The quantitative estimate of drug-likeness (QED) is 0.396. The highest BCUT2D eigenvalue weighted by molar-refractivity contribution is 5.98. The van der Waals surface area contributed by atoms with Gasteiger partial charge >= 0.3 is 0 Å². The molecule has 0 unspecified atom stereocenters. The zero-order valence-corrected chi connectivity index (χ0v) is 19.5. The van der Waals surface area contributed by atoms with E-state index in [1.54, 1.807) is 6.92 Å². The van der Waals surface area contributed by atoms with E-state index in [0.29, 0.717) is 37.1 Å². The molecule has 2 heterocycles. The van der Waals surface area contributed by atoms with E-state index in [1.807, 2.05) is 0 Å². The Bertz CT molecular complexity index is 740. The fourth-order valence-electron chi connectivity index (χ4n) is 4.35. The van der Waals surface area contributed by atoms with E-state index in [9.17, 15) is 18.7 Å². The van der Waals surface area contributed by atoms with Gasteiger partial charge in [0.05, 0.1) is 12.8 Å². The van der Waals surface area contributed by atoms with E-state index in [-0.39, 0.29) is 43.3 Å². The lowest BCUT2D eigenvalue weighted by atomic mass is 9.93. The maximum Gasteiger partial charge on any atom is 0.256 e. The average molecular weight is 469 g/mol. The summed E-state index contributed by atoms with van der Waals surface area (Å²) in [6, 6.07) is 0.150. The molecule has 1 saturated heterocycles. The lowest BCUT2D eigenvalue weighted by Gasteiger charge is -2.32. The van der Waals surface area contributed by atoms with Gasteiger partial charge in [0.2, 0.25) is 5.95 Å². The number of alkyl halides is 2. The minimum absolute atomic E-state index is 0.0476. The Labute approximate surface area is 194 Å². The van der Waals surface area contributed by atoms with Gasteiger partial charge in [-0.2, -0.15) is 4.98 Å². The normalized spacial score (nSPS) is 23.2. The van der Waals surface area contributed by atoms with Crippen LogP contribution in [0.5, 0.6) is 0 Å². The lowest BCUT2D eigenvalue weighted by Crippen LogP contribution is -2.45. The number of amides is 1. The van der Waals surface area contributed by atoms with Crippen molar-refractivity contribution in [1.29, 1.82) is 0 Å². The second-order valence-corrected chi connectivity index (χ2v) is 9.12. The molecule has 1 aromatic rings. The molecule has 1 atom stereocenters.